The molecule has 0 spiro atoms. The van der Waals surface area contributed by atoms with E-state index in [1.807, 2.05) is 6.92 Å². The van der Waals surface area contributed by atoms with Crippen LogP contribution in [0.5, 0.6) is 11.5 Å². The predicted molar refractivity (Wildman–Crippen MR) is 74.2 cm³/mol. The summed E-state index contributed by atoms with van der Waals surface area (Å²) in [6, 6.07) is 3.50. The van der Waals surface area contributed by atoms with Gasteiger partial charge in [0.1, 0.15) is 0 Å². The minimum Gasteiger partial charge on any atom is -0.493 e. The molecule has 18 heavy (non-hydrogen) atoms. The molecule has 0 N–H and O–H groups in total. The van der Waals surface area contributed by atoms with Gasteiger partial charge in [-0.2, -0.15) is 0 Å². The van der Waals surface area contributed by atoms with Gasteiger partial charge in [0, 0.05) is 36.3 Å². The fraction of sp³-hybridized carbons (Fsp3) is 0.538. The van der Waals surface area contributed by atoms with E-state index in [-0.39, 0.29) is 0 Å². The third kappa shape index (κ3) is 4.56. The number of hydrogen-bond acceptors (Lipinski definition) is 3. The first-order chi connectivity index (χ1) is 8.72. The highest BCUT2D eigenvalue weighted by Crippen LogP contribution is 2.35. The van der Waals surface area contributed by atoms with Crippen LogP contribution in [-0.2, 0) is 10.6 Å². The topological polar surface area (TPSA) is 27.7 Å². The van der Waals surface area contributed by atoms with E-state index >= 15 is 0 Å². The largest absolute Gasteiger partial charge is 0.493 e. The van der Waals surface area contributed by atoms with Crippen molar-refractivity contribution in [2.24, 2.45) is 0 Å². The summed E-state index contributed by atoms with van der Waals surface area (Å²) in [5.74, 6) is 1.60. The Bertz CT molecular complexity index is 344. The molecule has 1 aromatic carbocycles. The summed E-state index contributed by atoms with van der Waals surface area (Å²) in [4.78, 5) is 0. The van der Waals surface area contributed by atoms with E-state index in [1.165, 1.54) is 0 Å². The zero-order valence-electron chi connectivity index (χ0n) is 10.7. The van der Waals surface area contributed by atoms with E-state index in [9.17, 15) is 0 Å². The van der Waals surface area contributed by atoms with Crippen molar-refractivity contribution >= 4 is 23.2 Å². The lowest BCUT2D eigenvalue weighted by Gasteiger charge is -2.14. The molecule has 0 unspecified atom stereocenters. The summed E-state index contributed by atoms with van der Waals surface area (Å²) < 4.78 is 16.2. The standard InChI is InChI=1S/C13H18Cl2O3/c1-3-17-5-4-6-18-13-10(9-14)7-11(15)8-12(13)16-2/h7-8H,3-6,9H2,1-2H3. The quantitative estimate of drug-likeness (QED) is 0.537. The van der Waals surface area contributed by atoms with Gasteiger partial charge in [-0.25, -0.2) is 0 Å². The van der Waals surface area contributed by atoms with Gasteiger partial charge in [-0.05, 0) is 13.0 Å². The second kappa shape index (κ2) is 8.46. The van der Waals surface area contributed by atoms with Gasteiger partial charge >= 0.3 is 0 Å². The molecule has 0 saturated heterocycles. The van der Waals surface area contributed by atoms with E-state index in [0.29, 0.717) is 35.6 Å². The predicted octanol–water partition coefficient (Wildman–Crippen LogP) is 3.89. The number of benzene rings is 1. The molecule has 0 aliphatic rings. The normalized spacial score (nSPS) is 10.4. The highest BCUT2D eigenvalue weighted by Gasteiger charge is 2.12. The lowest BCUT2D eigenvalue weighted by molar-refractivity contribution is 0.130. The molecule has 0 fully saturated rings. The summed E-state index contributed by atoms with van der Waals surface area (Å²) in [5, 5.41) is 0.587. The Morgan fingerprint density at radius 2 is 2.00 bits per heavy atom. The molecule has 0 aliphatic carbocycles. The van der Waals surface area contributed by atoms with Gasteiger partial charge in [0.25, 0.3) is 0 Å². The van der Waals surface area contributed by atoms with Crippen molar-refractivity contribution in [3.8, 4) is 11.5 Å². The molecule has 0 radical (unpaired) electrons. The van der Waals surface area contributed by atoms with Gasteiger partial charge in [-0.15, -0.1) is 11.6 Å². The van der Waals surface area contributed by atoms with Crippen LogP contribution in [0.2, 0.25) is 5.02 Å². The van der Waals surface area contributed by atoms with Crippen molar-refractivity contribution in [2.45, 2.75) is 19.2 Å². The maximum atomic E-state index is 5.97. The fourth-order valence-corrected chi connectivity index (χ4v) is 1.95. The number of hydrogen-bond donors (Lipinski definition) is 0. The van der Waals surface area contributed by atoms with Gasteiger partial charge in [-0.1, -0.05) is 11.6 Å². The Morgan fingerprint density at radius 3 is 2.61 bits per heavy atom. The number of ether oxygens (including phenoxy) is 3. The molecule has 1 rings (SSSR count). The van der Waals surface area contributed by atoms with Gasteiger partial charge < -0.3 is 14.2 Å². The Balaban J connectivity index is 2.67. The Kier molecular flexibility index (Phi) is 7.25. The van der Waals surface area contributed by atoms with Gasteiger partial charge in [0.05, 0.1) is 19.6 Å². The minimum atomic E-state index is 0.331. The maximum Gasteiger partial charge on any atom is 0.165 e. The first-order valence-electron chi connectivity index (χ1n) is 5.85. The van der Waals surface area contributed by atoms with Crippen molar-refractivity contribution in [1.29, 1.82) is 0 Å². The van der Waals surface area contributed by atoms with Crippen LogP contribution >= 0.6 is 23.2 Å². The number of methoxy groups -OCH3 is 1. The summed E-state index contributed by atoms with van der Waals surface area (Å²) in [6.45, 7) is 3.93. The lowest BCUT2D eigenvalue weighted by Crippen LogP contribution is -2.05. The van der Waals surface area contributed by atoms with Crippen molar-refractivity contribution in [3.63, 3.8) is 0 Å². The molecular weight excluding hydrogens is 275 g/mol. The van der Waals surface area contributed by atoms with Crippen molar-refractivity contribution < 1.29 is 14.2 Å². The molecule has 0 amide bonds. The van der Waals surface area contributed by atoms with Crippen LogP contribution in [0.3, 0.4) is 0 Å². The molecule has 0 bridgehead atoms. The Morgan fingerprint density at radius 1 is 1.22 bits per heavy atom. The lowest BCUT2D eigenvalue weighted by atomic mass is 10.2. The highest BCUT2D eigenvalue weighted by atomic mass is 35.5. The molecule has 3 nitrogen and oxygen atoms in total. The molecule has 0 aliphatic heterocycles. The summed E-state index contributed by atoms with van der Waals surface area (Å²) in [7, 11) is 1.58. The molecule has 5 heteroatoms. The minimum absolute atomic E-state index is 0.331. The zero-order valence-corrected chi connectivity index (χ0v) is 12.2. The van der Waals surface area contributed by atoms with Crippen LogP contribution in [0.25, 0.3) is 0 Å². The molecule has 0 atom stereocenters. The van der Waals surface area contributed by atoms with Crippen LogP contribution in [0.15, 0.2) is 12.1 Å². The molecule has 0 heterocycles. The second-order valence-electron chi connectivity index (χ2n) is 3.63. The van der Waals surface area contributed by atoms with E-state index < -0.39 is 0 Å². The molecule has 102 valence electrons. The number of rotatable bonds is 8. The smallest absolute Gasteiger partial charge is 0.165 e. The monoisotopic (exact) mass is 292 g/mol. The average Bonchev–Trinajstić information content (AvgIpc) is 2.39. The van der Waals surface area contributed by atoms with Gasteiger partial charge in [0.2, 0.25) is 0 Å². The Labute approximate surface area is 118 Å². The average molecular weight is 293 g/mol. The number of halogens is 2. The zero-order chi connectivity index (χ0) is 13.4. The molecule has 0 aromatic heterocycles. The number of alkyl halides is 1. The van der Waals surface area contributed by atoms with Crippen LogP contribution in [-0.4, -0.2) is 26.9 Å². The van der Waals surface area contributed by atoms with Gasteiger partial charge in [0.15, 0.2) is 11.5 Å². The first kappa shape index (κ1) is 15.4. The summed E-state index contributed by atoms with van der Waals surface area (Å²) >= 11 is 11.8. The first-order valence-corrected chi connectivity index (χ1v) is 6.77. The molecule has 0 saturated carbocycles. The maximum absolute atomic E-state index is 5.97. The van der Waals surface area contributed by atoms with Crippen LogP contribution in [0.1, 0.15) is 18.9 Å². The van der Waals surface area contributed by atoms with E-state index in [4.69, 9.17) is 37.4 Å². The summed E-state index contributed by atoms with van der Waals surface area (Å²) in [5.41, 5.74) is 0.831. The van der Waals surface area contributed by atoms with E-state index in [0.717, 1.165) is 18.6 Å². The second-order valence-corrected chi connectivity index (χ2v) is 4.33. The van der Waals surface area contributed by atoms with Crippen molar-refractivity contribution in [2.75, 3.05) is 26.9 Å². The van der Waals surface area contributed by atoms with Crippen molar-refractivity contribution in [3.05, 3.63) is 22.7 Å². The molecular formula is C13H18Cl2O3. The van der Waals surface area contributed by atoms with Crippen LogP contribution in [0.4, 0.5) is 0 Å². The SMILES string of the molecule is CCOCCCOc1c(CCl)cc(Cl)cc1OC. The third-order valence-corrected chi connectivity index (χ3v) is 2.85. The van der Waals surface area contributed by atoms with E-state index in [2.05, 4.69) is 0 Å². The van der Waals surface area contributed by atoms with E-state index in [1.54, 1.807) is 19.2 Å². The van der Waals surface area contributed by atoms with Crippen LogP contribution < -0.4 is 9.47 Å². The molecule has 1 aromatic rings. The Hall–Kier alpha value is -0.640. The fourth-order valence-electron chi connectivity index (χ4n) is 1.52. The summed E-state index contributed by atoms with van der Waals surface area (Å²) in [6.07, 6.45) is 0.821. The van der Waals surface area contributed by atoms with Crippen LogP contribution in [0, 0.1) is 0 Å². The highest BCUT2D eigenvalue weighted by molar-refractivity contribution is 6.31. The van der Waals surface area contributed by atoms with Crippen molar-refractivity contribution in [1.82, 2.24) is 0 Å². The third-order valence-electron chi connectivity index (χ3n) is 2.34. The van der Waals surface area contributed by atoms with Gasteiger partial charge in [-0.3, -0.25) is 0 Å².